The molecular weight excluding hydrogens is 619 g/mol. The van der Waals surface area contributed by atoms with Gasteiger partial charge in [0.2, 0.25) is 0 Å². The molecule has 2 aliphatic heterocycles. The first-order valence-corrected chi connectivity index (χ1v) is 19.4. The fraction of sp³-hybridized carbons (Fsp3) is 0. The molecule has 0 bridgehead atoms. The second kappa shape index (κ2) is 10.4. The minimum atomic E-state index is -2.72. The molecule has 9 aromatic rings. The SMILES string of the molecule is [B]1c2cccc3c2N(c2ccccc2[Si]3(c2ccccc2)c2ccccc2)c2c1c(-c1cccc3c1[nH]c1ccccc13)cc1ccccc21. The van der Waals surface area contributed by atoms with Crippen LogP contribution in [0.4, 0.5) is 17.1 Å². The number of hydrogen-bond acceptors (Lipinski definition) is 1. The van der Waals surface area contributed by atoms with E-state index in [9.17, 15) is 0 Å². The van der Waals surface area contributed by atoms with Crippen molar-refractivity contribution in [2.75, 3.05) is 4.90 Å². The van der Waals surface area contributed by atoms with Gasteiger partial charge in [0, 0.05) is 44.3 Å². The molecule has 231 valence electrons. The third kappa shape index (κ3) is 3.63. The lowest BCUT2D eigenvalue weighted by molar-refractivity contribution is 1.32. The van der Waals surface area contributed by atoms with Crippen molar-refractivity contribution in [1.29, 1.82) is 0 Å². The van der Waals surface area contributed by atoms with Crippen molar-refractivity contribution >= 4 is 96.7 Å². The van der Waals surface area contributed by atoms with E-state index in [-0.39, 0.29) is 0 Å². The van der Waals surface area contributed by atoms with E-state index >= 15 is 0 Å². The zero-order valence-corrected chi connectivity index (χ0v) is 28.3. The van der Waals surface area contributed by atoms with Crippen LogP contribution in [0.1, 0.15) is 0 Å². The Balaban J connectivity index is 1.27. The molecule has 0 amide bonds. The Morgan fingerprint density at radius 1 is 0.480 bits per heavy atom. The van der Waals surface area contributed by atoms with Crippen molar-refractivity contribution in [3.63, 3.8) is 0 Å². The smallest absolute Gasteiger partial charge is 0.197 e. The van der Waals surface area contributed by atoms with Crippen LogP contribution in [0.3, 0.4) is 0 Å². The van der Waals surface area contributed by atoms with E-state index in [1.54, 1.807) is 0 Å². The molecule has 11 rings (SSSR count). The summed E-state index contributed by atoms with van der Waals surface area (Å²) in [7, 11) is -0.251. The van der Waals surface area contributed by atoms with Gasteiger partial charge in [-0.2, -0.15) is 0 Å². The number of para-hydroxylation sites is 4. The highest BCUT2D eigenvalue weighted by molar-refractivity contribution is 7.21. The number of nitrogens with one attached hydrogen (secondary N) is 1. The molecule has 2 aliphatic rings. The van der Waals surface area contributed by atoms with E-state index < -0.39 is 8.07 Å². The third-order valence-corrected chi connectivity index (χ3v) is 15.9. The van der Waals surface area contributed by atoms with Gasteiger partial charge >= 0.3 is 0 Å². The Morgan fingerprint density at radius 3 is 1.94 bits per heavy atom. The lowest BCUT2D eigenvalue weighted by atomic mass is 9.57. The van der Waals surface area contributed by atoms with E-state index in [1.165, 1.54) is 86.9 Å². The van der Waals surface area contributed by atoms with Gasteiger partial charge in [0.05, 0.1) is 5.52 Å². The van der Waals surface area contributed by atoms with Crippen LogP contribution in [-0.4, -0.2) is 20.3 Å². The normalized spacial score (nSPS) is 13.9. The van der Waals surface area contributed by atoms with Crippen molar-refractivity contribution in [1.82, 2.24) is 4.98 Å². The molecule has 0 fully saturated rings. The van der Waals surface area contributed by atoms with Crippen LogP contribution in [-0.2, 0) is 0 Å². The summed E-state index contributed by atoms with van der Waals surface area (Å²) in [5, 5.41) is 10.7. The predicted octanol–water partition coefficient (Wildman–Crippen LogP) is 7.27. The zero-order valence-electron chi connectivity index (χ0n) is 27.3. The van der Waals surface area contributed by atoms with Crippen molar-refractivity contribution in [2.45, 2.75) is 0 Å². The summed E-state index contributed by atoms with van der Waals surface area (Å²) in [6, 6.07) is 65.5. The first-order chi connectivity index (χ1) is 24.8. The molecule has 0 spiro atoms. The maximum atomic E-state index is 3.81. The lowest BCUT2D eigenvalue weighted by Crippen LogP contribution is -2.78. The Hall–Kier alpha value is -6.10. The highest BCUT2D eigenvalue weighted by atomic mass is 28.3. The number of rotatable bonds is 3. The van der Waals surface area contributed by atoms with Gasteiger partial charge < -0.3 is 9.88 Å². The molecule has 0 aliphatic carbocycles. The van der Waals surface area contributed by atoms with Crippen LogP contribution in [0, 0.1) is 0 Å². The average Bonchev–Trinajstić information content (AvgIpc) is 3.57. The van der Waals surface area contributed by atoms with Gasteiger partial charge in [-0.3, -0.25) is 0 Å². The summed E-state index contributed by atoms with van der Waals surface area (Å²) >= 11 is 0. The van der Waals surface area contributed by atoms with Gasteiger partial charge in [-0.15, -0.1) is 0 Å². The molecule has 0 atom stereocenters. The molecule has 50 heavy (non-hydrogen) atoms. The fourth-order valence-electron chi connectivity index (χ4n) is 9.09. The number of hydrogen-bond donors (Lipinski definition) is 1. The summed E-state index contributed by atoms with van der Waals surface area (Å²) in [6.45, 7) is 0. The van der Waals surface area contributed by atoms with Crippen LogP contribution >= 0.6 is 0 Å². The maximum Gasteiger partial charge on any atom is 0.197 e. The van der Waals surface area contributed by atoms with Gasteiger partial charge in [-0.05, 0) is 55.4 Å². The Kier molecular flexibility index (Phi) is 5.81. The van der Waals surface area contributed by atoms with Gasteiger partial charge in [0.15, 0.2) is 15.4 Å². The predicted molar refractivity (Wildman–Crippen MR) is 216 cm³/mol. The number of benzene rings is 8. The van der Waals surface area contributed by atoms with Crippen LogP contribution < -0.4 is 36.6 Å². The van der Waals surface area contributed by atoms with Crippen molar-refractivity contribution in [3.05, 3.63) is 176 Å². The number of aromatic amines is 1. The summed E-state index contributed by atoms with van der Waals surface area (Å²) in [5.41, 5.74) is 11.1. The standard InChI is InChI=1S/C46H30BN2Si/c1-3-16-31(17-4-1)50(32-18-5-2-6-19-32)41-27-12-11-26-40(41)49-45-33-20-8-7-15-30(33)29-37(43(45)47-38-24-14-28-42(50)46(38)49)36-23-13-22-35-34-21-9-10-25-39(34)48-44(35)36/h1-29,48H. The average molecular weight is 650 g/mol. The fourth-order valence-corrected chi connectivity index (χ4v) is 14.2. The molecule has 1 aromatic heterocycles. The van der Waals surface area contributed by atoms with Gasteiger partial charge in [-0.25, -0.2) is 0 Å². The number of anilines is 3. The largest absolute Gasteiger partial charge is 0.354 e. The first kappa shape index (κ1) is 27.8. The summed E-state index contributed by atoms with van der Waals surface area (Å²) in [4.78, 5) is 6.42. The Bertz CT molecular complexity index is 2770. The van der Waals surface area contributed by atoms with E-state index in [0.29, 0.717) is 0 Å². The molecule has 0 unspecified atom stereocenters. The molecule has 1 radical (unpaired) electrons. The highest BCUT2D eigenvalue weighted by Gasteiger charge is 2.50. The Morgan fingerprint density at radius 2 is 1.12 bits per heavy atom. The lowest BCUT2D eigenvalue weighted by Gasteiger charge is -2.48. The summed E-state index contributed by atoms with van der Waals surface area (Å²) in [5.74, 6) is 0. The van der Waals surface area contributed by atoms with Crippen LogP contribution in [0.15, 0.2) is 176 Å². The highest BCUT2D eigenvalue weighted by Crippen LogP contribution is 2.44. The topological polar surface area (TPSA) is 19.0 Å². The van der Waals surface area contributed by atoms with Crippen molar-refractivity contribution in [2.24, 2.45) is 0 Å². The molecule has 1 N–H and O–H groups in total. The van der Waals surface area contributed by atoms with E-state index in [1.807, 2.05) is 0 Å². The molecule has 0 saturated heterocycles. The van der Waals surface area contributed by atoms with Crippen LogP contribution in [0.25, 0.3) is 43.7 Å². The second-order valence-electron chi connectivity index (χ2n) is 13.5. The maximum absolute atomic E-state index is 3.81. The van der Waals surface area contributed by atoms with Crippen LogP contribution in [0.2, 0.25) is 0 Å². The third-order valence-electron chi connectivity index (χ3n) is 11.1. The molecule has 0 saturated carbocycles. The molecule has 4 heteroatoms. The van der Waals surface area contributed by atoms with Crippen LogP contribution in [0.5, 0.6) is 0 Å². The minimum absolute atomic E-state index is 1.16. The molecule has 2 nitrogen and oxygen atoms in total. The second-order valence-corrected chi connectivity index (χ2v) is 17.3. The van der Waals surface area contributed by atoms with Gasteiger partial charge in [-0.1, -0.05) is 163 Å². The monoisotopic (exact) mass is 649 g/mol. The molecule has 8 aromatic carbocycles. The first-order valence-electron chi connectivity index (χ1n) is 17.4. The van der Waals surface area contributed by atoms with Crippen molar-refractivity contribution in [3.8, 4) is 11.1 Å². The Labute approximate surface area is 292 Å². The van der Waals surface area contributed by atoms with Gasteiger partial charge in [0.25, 0.3) is 0 Å². The van der Waals surface area contributed by atoms with Crippen molar-refractivity contribution < 1.29 is 0 Å². The van der Waals surface area contributed by atoms with E-state index in [4.69, 9.17) is 0 Å². The van der Waals surface area contributed by atoms with E-state index in [0.717, 1.165) is 5.52 Å². The molecule has 3 heterocycles. The number of H-pyrrole nitrogens is 1. The quantitative estimate of drug-likeness (QED) is 0.200. The number of fused-ring (bicyclic) bond motifs is 9. The van der Waals surface area contributed by atoms with Gasteiger partial charge in [0.1, 0.15) is 0 Å². The van der Waals surface area contributed by atoms with E-state index in [2.05, 4.69) is 193 Å². The zero-order chi connectivity index (χ0) is 32.8. The summed E-state index contributed by atoms with van der Waals surface area (Å²) in [6.07, 6.45) is 0. The molecular formula is C46H30BN2Si. The summed E-state index contributed by atoms with van der Waals surface area (Å²) < 4.78 is 0. The number of aromatic nitrogens is 1. The minimum Gasteiger partial charge on any atom is -0.354 e. The number of nitrogens with zero attached hydrogens (tertiary/aromatic N) is 1.